The molecule has 0 N–H and O–H groups in total. The Kier molecular flexibility index (Phi) is 13.5. The molecule has 39 heavy (non-hydrogen) atoms. The van der Waals surface area contributed by atoms with Crippen molar-refractivity contribution in [2.75, 3.05) is 13.2 Å². The van der Waals surface area contributed by atoms with Gasteiger partial charge >= 0.3 is 5.97 Å². The Morgan fingerprint density at radius 2 is 1.28 bits per heavy atom. The minimum atomic E-state index is -0.280. The van der Waals surface area contributed by atoms with Crippen molar-refractivity contribution in [1.29, 1.82) is 0 Å². The van der Waals surface area contributed by atoms with Gasteiger partial charge in [-0.2, -0.15) is 0 Å². The minimum absolute atomic E-state index is 0.280. The first-order valence-corrected chi connectivity index (χ1v) is 14.9. The zero-order valence-corrected chi connectivity index (χ0v) is 24.2. The second-order valence-corrected chi connectivity index (χ2v) is 10.5. The highest BCUT2D eigenvalue weighted by Crippen LogP contribution is 2.23. The van der Waals surface area contributed by atoms with Crippen LogP contribution in [0.4, 0.5) is 0 Å². The minimum Gasteiger partial charge on any atom is -0.494 e. The number of unbranched alkanes of at least 4 members (excludes halogenated alkanes) is 7. The molecule has 0 fully saturated rings. The number of nitrogens with zero attached hydrogens (tertiary/aromatic N) is 2. The number of hydrogen-bond acceptors (Lipinski definition) is 5. The summed E-state index contributed by atoms with van der Waals surface area (Å²) in [6.45, 7) is 7.89. The number of benzene rings is 2. The van der Waals surface area contributed by atoms with Crippen LogP contribution >= 0.6 is 0 Å². The summed E-state index contributed by atoms with van der Waals surface area (Å²) in [6.07, 6.45) is 17.1. The molecule has 0 spiro atoms. The van der Waals surface area contributed by atoms with E-state index in [0.29, 0.717) is 18.1 Å². The molecule has 5 nitrogen and oxygen atoms in total. The molecule has 1 unspecified atom stereocenters. The van der Waals surface area contributed by atoms with Crippen molar-refractivity contribution in [1.82, 2.24) is 9.97 Å². The van der Waals surface area contributed by atoms with Gasteiger partial charge in [0, 0.05) is 11.1 Å². The predicted octanol–water partition coefficient (Wildman–Crippen LogP) is 9.31. The van der Waals surface area contributed by atoms with Gasteiger partial charge in [-0.05, 0) is 61.6 Å². The summed E-state index contributed by atoms with van der Waals surface area (Å²) in [5, 5.41) is 0. The normalized spacial score (nSPS) is 11.8. The number of ether oxygens (including phenoxy) is 2. The molecule has 1 atom stereocenters. The van der Waals surface area contributed by atoms with Crippen LogP contribution in [0.3, 0.4) is 0 Å². The summed E-state index contributed by atoms with van der Waals surface area (Å²) in [6, 6.07) is 15.4. The third kappa shape index (κ3) is 10.8. The van der Waals surface area contributed by atoms with Crippen molar-refractivity contribution < 1.29 is 14.3 Å². The van der Waals surface area contributed by atoms with Crippen LogP contribution < -0.4 is 4.74 Å². The number of aromatic nitrogens is 2. The lowest BCUT2D eigenvalue weighted by Crippen LogP contribution is -2.07. The van der Waals surface area contributed by atoms with Crippen LogP contribution in [0.1, 0.15) is 102 Å². The van der Waals surface area contributed by atoms with E-state index < -0.39 is 0 Å². The van der Waals surface area contributed by atoms with Crippen molar-refractivity contribution in [3.8, 4) is 28.3 Å². The van der Waals surface area contributed by atoms with E-state index in [9.17, 15) is 4.79 Å². The fourth-order valence-corrected chi connectivity index (χ4v) is 4.44. The van der Waals surface area contributed by atoms with Gasteiger partial charge in [0.2, 0.25) is 0 Å². The predicted molar refractivity (Wildman–Crippen MR) is 160 cm³/mol. The lowest BCUT2D eigenvalue weighted by molar-refractivity contribution is 0.0494. The van der Waals surface area contributed by atoms with E-state index in [1.54, 1.807) is 24.5 Å². The van der Waals surface area contributed by atoms with E-state index in [1.165, 1.54) is 44.9 Å². The summed E-state index contributed by atoms with van der Waals surface area (Å²) in [7, 11) is 0. The van der Waals surface area contributed by atoms with Crippen LogP contribution in [0.5, 0.6) is 5.75 Å². The van der Waals surface area contributed by atoms with Gasteiger partial charge in [0.1, 0.15) is 5.75 Å². The van der Waals surface area contributed by atoms with Crippen LogP contribution in [0.25, 0.3) is 22.5 Å². The van der Waals surface area contributed by atoms with Gasteiger partial charge in [-0.1, -0.05) is 84.3 Å². The highest BCUT2D eigenvalue weighted by Gasteiger charge is 2.09. The first kappa shape index (κ1) is 30.3. The fourth-order valence-electron chi connectivity index (χ4n) is 4.44. The van der Waals surface area contributed by atoms with E-state index in [4.69, 9.17) is 9.47 Å². The second-order valence-electron chi connectivity index (χ2n) is 10.5. The van der Waals surface area contributed by atoms with Crippen molar-refractivity contribution in [2.24, 2.45) is 5.92 Å². The molecule has 0 radical (unpaired) electrons. The maximum absolute atomic E-state index is 12.3. The molecule has 2 aromatic carbocycles. The van der Waals surface area contributed by atoms with Crippen molar-refractivity contribution in [3.05, 3.63) is 66.5 Å². The van der Waals surface area contributed by atoms with Gasteiger partial charge < -0.3 is 9.47 Å². The highest BCUT2D eigenvalue weighted by atomic mass is 16.5. The number of carbonyl (C=O) groups is 1. The summed E-state index contributed by atoms with van der Waals surface area (Å²) in [5.74, 6) is 1.27. The molecule has 5 heteroatoms. The molecule has 0 aliphatic heterocycles. The third-order valence-electron chi connectivity index (χ3n) is 7.26. The molecule has 0 amide bonds. The number of hydrogen-bond donors (Lipinski definition) is 0. The Hall–Kier alpha value is -3.21. The van der Waals surface area contributed by atoms with E-state index in [1.807, 2.05) is 36.4 Å². The Balaban J connectivity index is 1.42. The van der Waals surface area contributed by atoms with Gasteiger partial charge in [0.05, 0.1) is 42.6 Å². The third-order valence-corrected chi connectivity index (χ3v) is 7.26. The van der Waals surface area contributed by atoms with E-state index >= 15 is 0 Å². The van der Waals surface area contributed by atoms with E-state index in [0.717, 1.165) is 60.6 Å². The fraction of sp³-hybridized carbons (Fsp3) is 0.500. The Morgan fingerprint density at radius 1 is 0.718 bits per heavy atom. The number of rotatable bonds is 18. The van der Waals surface area contributed by atoms with Gasteiger partial charge in [0.15, 0.2) is 0 Å². The quantitative estimate of drug-likeness (QED) is 0.121. The first-order valence-electron chi connectivity index (χ1n) is 14.9. The summed E-state index contributed by atoms with van der Waals surface area (Å²) >= 11 is 0. The molecular formula is C34H46N2O3. The maximum Gasteiger partial charge on any atom is 0.338 e. The van der Waals surface area contributed by atoms with E-state index in [2.05, 4.69) is 30.7 Å². The van der Waals surface area contributed by atoms with Gasteiger partial charge in [0.25, 0.3) is 0 Å². The van der Waals surface area contributed by atoms with Gasteiger partial charge in [-0.15, -0.1) is 0 Å². The van der Waals surface area contributed by atoms with E-state index in [-0.39, 0.29) is 5.97 Å². The molecular weight excluding hydrogens is 484 g/mol. The standard InChI is InChI=1S/C34H46N2O3/c1-4-6-7-8-9-10-11-12-23-38-31-21-19-29(20-22-31)33-26-35-32(25-36-33)28-15-17-30(18-16-28)34(37)39-24-13-14-27(3)5-2/h15-22,25-27H,4-14,23-24H2,1-3H3. The zero-order valence-electron chi connectivity index (χ0n) is 24.2. The summed E-state index contributed by atoms with van der Waals surface area (Å²) in [4.78, 5) is 21.5. The molecule has 0 saturated heterocycles. The number of carbonyl (C=O) groups excluding carboxylic acids is 1. The molecule has 3 aromatic rings. The topological polar surface area (TPSA) is 61.3 Å². The first-order chi connectivity index (χ1) is 19.1. The molecule has 3 rings (SSSR count). The SMILES string of the molecule is CCCCCCCCCCOc1ccc(-c2cnc(-c3ccc(C(=O)OCCCC(C)CC)cc3)cn2)cc1. The van der Waals surface area contributed by atoms with Crippen LogP contribution in [0.15, 0.2) is 60.9 Å². The summed E-state index contributed by atoms with van der Waals surface area (Å²) < 4.78 is 11.3. The van der Waals surface area contributed by atoms with Crippen LogP contribution in [-0.4, -0.2) is 29.2 Å². The maximum atomic E-state index is 12.3. The zero-order chi connectivity index (χ0) is 27.7. The van der Waals surface area contributed by atoms with Crippen LogP contribution in [0, 0.1) is 5.92 Å². The average molecular weight is 531 g/mol. The lowest BCUT2D eigenvalue weighted by atomic mass is 10.0. The Bertz CT molecular complexity index is 1080. The van der Waals surface area contributed by atoms with Gasteiger partial charge in [-0.25, -0.2) is 4.79 Å². The van der Waals surface area contributed by atoms with Gasteiger partial charge in [-0.3, -0.25) is 9.97 Å². The highest BCUT2D eigenvalue weighted by molar-refractivity contribution is 5.90. The smallest absolute Gasteiger partial charge is 0.338 e. The Labute approximate surface area is 235 Å². The van der Waals surface area contributed by atoms with Crippen LogP contribution in [0.2, 0.25) is 0 Å². The summed E-state index contributed by atoms with van der Waals surface area (Å²) in [5.41, 5.74) is 4.03. The lowest BCUT2D eigenvalue weighted by Gasteiger charge is -2.09. The monoisotopic (exact) mass is 530 g/mol. The van der Waals surface area contributed by atoms with Crippen LogP contribution in [-0.2, 0) is 4.74 Å². The van der Waals surface area contributed by atoms with Crippen molar-refractivity contribution >= 4 is 5.97 Å². The molecule has 1 heterocycles. The molecule has 210 valence electrons. The molecule has 1 aromatic heterocycles. The largest absolute Gasteiger partial charge is 0.494 e. The Morgan fingerprint density at radius 3 is 1.85 bits per heavy atom. The number of esters is 1. The molecule has 0 saturated carbocycles. The molecule has 0 aliphatic rings. The molecule has 0 aliphatic carbocycles. The van der Waals surface area contributed by atoms with Crippen molar-refractivity contribution in [3.63, 3.8) is 0 Å². The second kappa shape index (κ2) is 17.4. The molecule has 0 bridgehead atoms. The van der Waals surface area contributed by atoms with Crippen molar-refractivity contribution in [2.45, 2.75) is 91.4 Å². The average Bonchev–Trinajstić information content (AvgIpc) is 2.98.